The van der Waals surface area contributed by atoms with Gasteiger partial charge in [-0.1, -0.05) is 17.7 Å². The van der Waals surface area contributed by atoms with Gasteiger partial charge < -0.3 is 0 Å². The molecule has 0 saturated heterocycles. The van der Waals surface area contributed by atoms with Crippen LogP contribution < -0.4 is 0 Å². The first kappa shape index (κ1) is 10.7. The first-order valence-electron chi connectivity index (χ1n) is 5.67. The molecule has 1 aromatic heterocycles. The monoisotopic (exact) mass is 247 g/mol. The van der Waals surface area contributed by atoms with Crippen LogP contribution in [-0.2, 0) is 12.8 Å². The van der Waals surface area contributed by atoms with E-state index >= 15 is 0 Å². The highest BCUT2D eigenvalue weighted by atomic mass is 35.5. The van der Waals surface area contributed by atoms with E-state index in [0.717, 1.165) is 30.4 Å². The topological polar surface area (TPSA) is 12.9 Å². The summed E-state index contributed by atoms with van der Waals surface area (Å²) in [5, 5.41) is 0.161. The maximum Gasteiger partial charge on any atom is 0.142 e. The predicted octanol–water partition coefficient (Wildman–Crippen LogP) is 4.03. The van der Waals surface area contributed by atoms with E-state index in [1.807, 2.05) is 18.5 Å². The second kappa shape index (κ2) is 4.11. The summed E-state index contributed by atoms with van der Waals surface area (Å²) in [4.78, 5) is 4.23. The minimum Gasteiger partial charge on any atom is -0.264 e. The Morgan fingerprint density at radius 1 is 1.18 bits per heavy atom. The molecule has 0 aliphatic heterocycles. The van der Waals surface area contributed by atoms with E-state index in [0.29, 0.717) is 0 Å². The van der Waals surface area contributed by atoms with Gasteiger partial charge in [0.1, 0.15) is 5.82 Å². The number of pyridine rings is 1. The lowest BCUT2D eigenvalue weighted by atomic mass is 10.00. The molecule has 0 saturated carbocycles. The van der Waals surface area contributed by atoms with Crippen LogP contribution in [-0.4, -0.2) is 4.98 Å². The lowest BCUT2D eigenvalue weighted by Gasteiger charge is -2.08. The number of halogens is 2. The summed E-state index contributed by atoms with van der Waals surface area (Å²) in [6.45, 7) is 0. The van der Waals surface area contributed by atoms with E-state index in [-0.39, 0.29) is 10.8 Å². The Morgan fingerprint density at radius 2 is 2.06 bits per heavy atom. The number of nitrogens with zero attached hydrogens (tertiary/aromatic N) is 1. The van der Waals surface area contributed by atoms with E-state index in [2.05, 4.69) is 4.98 Å². The van der Waals surface area contributed by atoms with Gasteiger partial charge in [0, 0.05) is 18.0 Å². The van der Waals surface area contributed by atoms with Crippen LogP contribution in [0.2, 0.25) is 5.02 Å². The largest absolute Gasteiger partial charge is 0.264 e. The Balaban J connectivity index is 2.15. The number of aromatic nitrogens is 1. The van der Waals surface area contributed by atoms with Crippen LogP contribution in [0.15, 0.2) is 30.6 Å². The summed E-state index contributed by atoms with van der Waals surface area (Å²) in [6, 6.07) is 4.93. The lowest BCUT2D eigenvalue weighted by Crippen LogP contribution is -1.91. The lowest BCUT2D eigenvalue weighted by molar-refractivity contribution is 0.629. The summed E-state index contributed by atoms with van der Waals surface area (Å²) in [5.41, 5.74) is 4.49. The fourth-order valence-corrected chi connectivity index (χ4v) is 2.53. The first-order valence-corrected chi connectivity index (χ1v) is 6.04. The Labute approximate surface area is 104 Å². The van der Waals surface area contributed by atoms with Crippen molar-refractivity contribution >= 4 is 11.6 Å². The van der Waals surface area contributed by atoms with Crippen molar-refractivity contribution in [3.63, 3.8) is 0 Å². The molecule has 1 heterocycles. The van der Waals surface area contributed by atoms with Gasteiger partial charge in [-0.3, -0.25) is 4.98 Å². The quantitative estimate of drug-likeness (QED) is 0.741. The highest BCUT2D eigenvalue weighted by Crippen LogP contribution is 2.32. The van der Waals surface area contributed by atoms with Crippen LogP contribution in [0.1, 0.15) is 17.5 Å². The van der Waals surface area contributed by atoms with Crippen molar-refractivity contribution in [3.05, 3.63) is 52.6 Å². The van der Waals surface area contributed by atoms with E-state index in [1.165, 1.54) is 17.2 Å². The standard InChI is InChI=1S/C14H11ClFN/c15-13-5-4-9(6-14(13)16)12-8-17-7-10-2-1-3-11(10)12/h4-8H,1-3H2. The number of fused-ring (bicyclic) bond motifs is 1. The zero-order valence-electron chi connectivity index (χ0n) is 9.21. The molecule has 1 aromatic carbocycles. The molecule has 0 spiro atoms. The predicted molar refractivity (Wildman–Crippen MR) is 66.7 cm³/mol. The molecule has 1 aliphatic rings. The number of rotatable bonds is 1. The minimum absolute atomic E-state index is 0.161. The molecule has 0 radical (unpaired) electrons. The number of aryl methyl sites for hydroxylation is 1. The van der Waals surface area contributed by atoms with Crippen LogP contribution >= 0.6 is 11.6 Å². The van der Waals surface area contributed by atoms with Gasteiger partial charge in [0.05, 0.1) is 5.02 Å². The van der Waals surface area contributed by atoms with Crippen LogP contribution in [0.5, 0.6) is 0 Å². The Hall–Kier alpha value is -1.41. The number of hydrogen-bond acceptors (Lipinski definition) is 1. The van der Waals surface area contributed by atoms with E-state index in [9.17, 15) is 4.39 Å². The fraction of sp³-hybridized carbons (Fsp3) is 0.214. The van der Waals surface area contributed by atoms with Gasteiger partial charge in [0.2, 0.25) is 0 Å². The molecule has 0 bridgehead atoms. The van der Waals surface area contributed by atoms with Crippen molar-refractivity contribution in [1.82, 2.24) is 4.98 Å². The normalized spacial score (nSPS) is 13.8. The van der Waals surface area contributed by atoms with Crippen molar-refractivity contribution < 1.29 is 4.39 Å². The van der Waals surface area contributed by atoms with Gasteiger partial charge in [-0.2, -0.15) is 0 Å². The molecule has 2 aromatic rings. The average molecular weight is 248 g/mol. The highest BCUT2D eigenvalue weighted by Gasteiger charge is 2.16. The molecule has 1 aliphatic carbocycles. The van der Waals surface area contributed by atoms with Crippen LogP contribution in [0, 0.1) is 5.82 Å². The number of hydrogen-bond donors (Lipinski definition) is 0. The molecule has 1 nitrogen and oxygen atoms in total. The first-order chi connectivity index (χ1) is 8.25. The van der Waals surface area contributed by atoms with Crippen LogP contribution in [0.4, 0.5) is 4.39 Å². The maximum absolute atomic E-state index is 13.5. The van der Waals surface area contributed by atoms with Gasteiger partial charge in [-0.25, -0.2) is 4.39 Å². The third-order valence-corrected chi connectivity index (χ3v) is 3.56. The molecule has 0 unspecified atom stereocenters. The smallest absolute Gasteiger partial charge is 0.142 e. The Kier molecular flexibility index (Phi) is 2.60. The molecule has 0 fully saturated rings. The number of benzene rings is 1. The molecule has 0 amide bonds. The molecular formula is C14H11ClFN. The van der Waals surface area contributed by atoms with Gasteiger partial charge >= 0.3 is 0 Å². The van der Waals surface area contributed by atoms with Crippen molar-refractivity contribution in [3.8, 4) is 11.1 Å². The molecule has 17 heavy (non-hydrogen) atoms. The summed E-state index contributed by atoms with van der Waals surface area (Å²) in [6.07, 6.45) is 7.01. The zero-order valence-corrected chi connectivity index (χ0v) is 9.97. The third-order valence-electron chi connectivity index (χ3n) is 3.25. The van der Waals surface area contributed by atoms with Crippen LogP contribution in [0.25, 0.3) is 11.1 Å². The van der Waals surface area contributed by atoms with Gasteiger partial charge in [-0.05, 0) is 48.1 Å². The van der Waals surface area contributed by atoms with Crippen LogP contribution in [0.3, 0.4) is 0 Å². The molecule has 3 rings (SSSR count). The molecular weight excluding hydrogens is 237 g/mol. The van der Waals surface area contributed by atoms with E-state index < -0.39 is 0 Å². The van der Waals surface area contributed by atoms with Crippen molar-refractivity contribution in [1.29, 1.82) is 0 Å². The molecule has 0 atom stereocenters. The molecule has 86 valence electrons. The fourth-order valence-electron chi connectivity index (χ4n) is 2.41. The van der Waals surface area contributed by atoms with E-state index in [1.54, 1.807) is 6.07 Å². The Bertz CT molecular complexity index is 580. The van der Waals surface area contributed by atoms with Gasteiger partial charge in [-0.15, -0.1) is 0 Å². The van der Waals surface area contributed by atoms with Gasteiger partial charge in [0.15, 0.2) is 0 Å². The zero-order chi connectivity index (χ0) is 11.8. The Morgan fingerprint density at radius 3 is 2.88 bits per heavy atom. The van der Waals surface area contributed by atoms with Crippen molar-refractivity contribution in [2.75, 3.05) is 0 Å². The van der Waals surface area contributed by atoms with Crippen molar-refractivity contribution in [2.24, 2.45) is 0 Å². The molecule has 3 heteroatoms. The second-order valence-electron chi connectivity index (χ2n) is 4.31. The second-order valence-corrected chi connectivity index (χ2v) is 4.71. The SMILES string of the molecule is Fc1cc(-c2cncc3c2CCC3)ccc1Cl. The maximum atomic E-state index is 13.5. The van der Waals surface area contributed by atoms with E-state index in [4.69, 9.17) is 11.6 Å². The summed E-state index contributed by atoms with van der Waals surface area (Å²) >= 11 is 5.69. The average Bonchev–Trinajstić information content (AvgIpc) is 2.80. The van der Waals surface area contributed by atoms with Gasteiger partial charge in [0.25, 0.3) is 0 Å². The third kappa shape index (κ3) is 1.83. The summed E-state index contributed by atoms with van der Waals surface area (Å²) in [7, 11) is 0. The highest BCUT2D eigenvalue weighted by molar-refractivity contribution is 6.30. The molecule has 0 N–H and O–H groups in total. The van der Waals surface area contributed by atoms with Crippen molar-refractivity contribution in [2.45, 2.75) is 19.3 Å². The summed E-state index contributed by atoms with van der Waals surface area (Å²) < 4.78 is 13.5. The minimum atomic E-state index is -0.375. The summed E-state index contributed by atoms with van der Waals surface area (Å²) in [5.74, 6) is -0.375.